The Labute approximate surface area is 269 Å². The molecule has 2 heterocycles. The molecular weight excluding hydrogens is 642 g/mol. The number of aliphatic hydroxyl groups is 1. The second-order valence-corrected chi connectivity index (χ2v) is 11.0. The Hall–Kier alpha value is -5.70. The van der Waals surface area contributed by atoms with Crippen molar-refractivity contribution in [3.63, 3.8) is 0 Å². The lowest BCUT2D eigenvalue weighted by molar-refractivity contribution is -0.138. The standard InChI is InChI=1S/C33H26F6N6O3/c1-31(2,47)20-5-3-4-19(12-20)25-11-8-21(32(34,35)36)14-27(25)45-29(46)44-23-16-42-30(43-17-23)48-24-9-6-18(7-10-24)26-13-22(33(37,38)39)15-41-28(26)40/h3-17,47H,1-2H3,(H2,40,41)(H2,44,45,46). The van der Waals surface area contributed by atoms with E-state index in [1.54, 1.807) is 38.1 Å². The molecule has 0 saturated heterocycles. The normalized spacial score (nSPS) is 12.0. The van der Waals surface area contributed by atoms with Crippen LogP contribution in [0.2, 0.25) is 0 Å². The Bertz CT molecular complexity index is 1940. The molecule has 9 nitrogen and oxygen atoms in total. The number of rotatable bonds is 7. The van der Waals surface area contributed by atoms with Crippen LogP contribution in [0, 0.1) is 0 Å². The lowest BCUT2D eigenvalue weighted by Crippen LogP contribution is -2.21. The largest absolute Gasteiger partial charge is 0.424 e. The number of alkyl halides is 6. The second kappa shape index (κ2) is 12.8. The van der Waals surface area contributed by atoms with Crippen molar-refractivity contribution in [2.75, 3.05) is 16.4 Å². The van der Waals surface area contributed by atoms with Crippen LogP contribution in [0.25, 0.3) is 22.3 Å². The van der Waals surface area contributed by atoms with Gasteiger partial charge in [-0.05, 0) is 66.9 Å². The first-order valence-corrected chi connectivity index (χ1v) is 14.0. The number of nitrogens with zero attached hydrogens (tertiary/aromatic N) is 3. The fourth-order valence-electron chi connectivity index (χ4n) is 4.53. The van der Waals surface area contributed by atoms with Gasteiger partial charge in [-0.15, -0.1) is 0 Å². The van der Waals surface area contributed by atoms with Crippen LogP contribution in [0.4, 0.5) is 48.3 Å². The third-order valence-electron chi connectivity index (χ3n) is 6.98. The van der Waals surface area contributed by atoms with Gasteiger partial charge in [0.15, 0.2) is 0 Å². The summed E-state index contributed by atoms with van der Waals surface area (Å²) in [6.07, 6.45) is -6.22. The van der Waals surface area contributed by atoms with Crippen molar-refractivity contribution in [2.45, 2.75) is 31.8 Å². The van der Waals surface area contributed by atoms with E-state index in [0.717, 1.165) is 18.2 Å². The first kappa shape index (κ1) is 33.7. The van der Waals surface area contributed by atoms with Gasteiger partial charge >= 0.3 is 24.4 Å². The number of anilines is 3. The highest BCUT2D eigenvalue weighted by Gasteiger charge is 2.32. The fourth-order valence-corrected chi connectivity index (χ4v) is 4.53. The molecule has 5 rings (SSSR count). The number of benzene rings is 3. The minimum absolute atomic E-state index is 0.0836. The molecule has 0 radical (unpaired) electrons. The van der Waals surface area contributed by atoms with Crippen molar-refractivity contribution < 1.29 is 41.0 Å². The SMILES string of the molecule is CC(C)(O)c1cccc(-c2ccc(C(F)(F)F)cc2NC(=O)Nc2cnc(Oc3ccc(-c4cc(C(F)(F)F)cnc4N)cc3)nc2)c1. The summed E-state index contributed by atoms with van der Waals surface area (Å²) in [7, 11) is 0. The molecule has 0 fully saturated rings. The van der Waals surface area contributed by atoms with Crippen LogP contribution in [0.5, 0.6) is 11.8 Å². The van der Waals surface area contributed by atoms with Gasteiger partial charge in [0.1, 0.15) is 11.6 Å². The molecule has 0 spiro atoms. The summed E-state index contributed by atoms with van der Waals surface area (Å²) in [4.78, 5) is 24.5. The third-order valence-corrected chi connectivity index (χ3v) is 6.98. The minimum Gasteiger partial charge on any atom is -0.424 e. The molecule has 0 atom stereocenters. The van der Waals surface area contributed by atoms with E-state index in [2.05, 4.69) is 25.6 Å². The highest BCUT2D eigenvalue weighted by Crippen LogP contribution is 2.38. The Morgan fingerprint density at radius 1 is 0.729 bits per heavy atom. The monoisotopic (exact) mass is 668 g/mol. The number of nitrogens with one attached hydrogen (secondary N) is 2. The second-order valence-electron chi connectivity index (χ2n) is 11.0. The van der Waals surface area contributed by atoms with Crippen molar-refractivity contribution in [2.24, 2.45) is 0 Å². The molecule has 5 aromatic rings. The molecule has 248 valence electrons. The first-order chi connectivity index (χ1) is 22.5. The number of aromatic nitrogens is 3. The van der Waals surface area contributed by atoms with Crippen molar-refractivity contribution in [1.82, 2.24) is 15.0 Å². The van der Waals surface area contributed by atoms with E-state index in [0.29, 0.717) is 22.9 Å². The highest BCUT2D eigenvalue weighted by atomic mass is 19.4. The maximum absolute atomic E-state index is 13.5. The van der Waals surface area contributed by atoms with Crippen LogP contribution >= 0.6 is 0 Å². The van der Waals surface area contributed by atoms with Gasteiger partial charge in [0.25, 0.3) is 0 Å². The summed E-state index contributed by atoms with van der Waals surface area (Å²) in [5.74, 6) is 0.151. The predicted molar refractivity (Wildman–Crippen MR) is 166 cm³/mol. The molecule has 3 aromatic carbocycles. The predicted octanol–water partition coefficient (Wildman–Crippen LogP) is 8.49. The summed E-state index contributed by atoms with van der Waals surface area (Å²) < 4.78 is 85.5. The maximum atomic E-state index is 13.5. The van der Waals surface area contributed by atoms with E-state index in [9.17, 15) is 36.2 Å². The van der Waals surface area contributed by atoms with Crippen molar-refractivity contribution in [3.8, 4) is 34.0 Å². The van der Waals surface area contributed by atoms with Crippen LogP contribution in [-0.4, -0.2) is 26.1 Å². The number of hydrogen-bond acceptors (Lipinski definition) is 7. The van der Waals surface area contributed by atoms with Crippen molar-refractivity contribution in [3.05, 3.63) is 108 Å². The van der Waals surface area contributed by atoms with E-state index >= 15 is 0 Å². The van der Waals surface area contributed by atoms with Gasteiger partial charge in [-0.25, -0.2) is 19.7 Å². The Morgan fingerprint density at radius 3 is 2.02 bits per heavy atom. The number of carbonyl (C=O) groups is 1. The van der Waals surface area contributed by atoms with Crippen LogP contribution in [0.1, 0.15) is 30.5 Å². The van der Waals surface area contributed by atoms with E-state index in [1.165, 1.54) is 42.7 Å². The van der Waals surface area contributed by atoms with Gasteiger partial charge in [-0.2, -0.15) is 26.3 Å². The summed E-state index contributed by atoms with van der Waals surface area (Å²) in [5.41, 5.74) is 4.29. The lowest BCUT2D eigenvalue weighted by atomic mass is 9.93. The molecule has 2 amide bonds. The molecule has 0 aliphatic heterocycles. The number of urea groups is 1. The maximum Gasteiger partial charge on any atom is 0.417 e. The van der Waals surface area contributed by atoms with Crippen LogP contribution in [0.15, 0.2) is 91.4 Å². The number of ether oxygens (including phenoxy) is 1. The number of halogens is 6. The van der Waals surface area contributed by atoms with E-state index < -0.39 is 35.1 Å². The highest BCUT2D eigenvalue weighted by molar-refractivity contribution is 6.02. The molecule has 5 N–H and O–H groups in total. The molecule has 15 heteroatoms. The van der Waals surface area contributed by atoms with Crippen molar-refractivity contribution in [1.29, 1.82) is 0 Å². The Balaban J connectivity index is 1.29. The molecule has 0 aliphatic rings. The zero-order valence-corrected chi connectivity index (χ0v) is 25.1. The smallest absolute Gasteiger partial charge is 0.417 e. The minimum atomic E-state index is -4.67. The molecule has 2 aromatic heterocycles. The van der Waals surface area contributed by atoms with E-state index in [-0.39, 0.29) is 40.1 Å². The topological polar surface area (TPSA) is 135 Å². The van der Waals surface area contributed by atoms with Gasteiger partial charge in [-0.3, -0.25) is 0 Å². The van der Waals surface area contributed by atoms with Gasteiger partial charge < -0.3 is 26.2 Å². The lowest BCUT2D eigenvalue weighted by Gasteiger charge is -2.20. The molecule has 0 aliphatic carbocycles. The Kier molecular flexibility index (Phi) is 9.00. The van der Waals surface area contributed by atoms with Crippen molar-refractivity contribution >= 4 is 23.2 Å². The zero-order valence-electron chi connectivity index (χ0n) is 25.1. The van der Waals surface area contributed by atoms with E-state index in [4.69, 9.17) is 10.5 Å². The van der Waals surface area contributed by atoms with Gasteiger partial charge in [0.05, 0.1) is 40.5 Å². The van der Waals surface area contributed by atoms with Crippen LogP contribution < -0.4 is 21.1 Å². The zero-order chi connectivity index (χ0) is 34.9. The molecule has 48 heavy (non-hydrogen) atoms. The number of carbonyl (C=O) groups excluding carboxylic acids is 1. The summed E-state index contributed by atoms with van der Waals surface area (Å²) in [6, 6.07) is 15.3. The summed E-state index contributed by atoms with van der Waals surface area (Å²) in [6.45, 7) is 3.14. The number of pyridine rings is 1. The van der Waals surface area contributed by atoms with Gasteiger partial charge in [0.2, 0.25) is 0 Å². The number of hydrogen-bond donors (Lipinski definition) is 4. The third kappa shape index (κ3) is 7.98. The van der Waals surface area contributed by atoms with E-state index in [1.807, 2.05) is 0 Å². The molecule has 0 bridgehead atoms. The summed E-state index contributed by atoms with van der Waals surface area (Å²) in [5, 5.41) is 15.3. The first-order valence-electron chi connectivity index (χ1n) is 14.0. The number of amides is 2. The fraction of sp³-hybridized carbons (Fsp3) is 0.152. The van der Waals surface area contributed by atoms with Gasteiger partial charge in [0, 0.05) is 17.3 Å². The quantitative estimate of drug-likeness (QED) is 0.128. The van der Waals surface area contributed by atoms with Crippen LogP contribution in [-0.2, 0) is 18.0 Å². The molecule has 0 saturated carbocycles. The molecule has 0 unspecified atom stereocenters. The van der Waals surface area contributed by atoms with Gasteiger partial charge in [-0.1, -0.05) is 36.4 Å². The average molecular weight is 669 g/mol. The number of nitrogen functional groups attached to an aromatic ring is 1. The molecular formula is C33H26F6N6O3. The van der Waals surface area contributed by atoms with Crippen LogP contribution in [0.3, 0.4) is 0 Å². The number of nitrogens with two attached hydrogens (primary N) is 1. The average Bonchev–Trinajstić information content (AvgIpc) is 3.01. The Morgan fingerprint density at radius 2 is 1.40 bits per heavy atom. The summed E-state index contributed by atoms with van der Waals surface area (Å²) >= 11 is 0.